The third-order valence-electron chi connectivity index (χ3n) is 2.92. The molecule has 0 unspecified atom stereocenters. The minimum Gasteiger partial charge on any atom is -0.393 e. The molecule has 0 aliphatic heterocycles. The highest BCUT2D eigenvalue weighted by molar-refractivity contribution is 7.86. The van der Waals surface area contributed by atoms with E-state index in [4.69, 9.17) is 18.0 Å². The monoisotopic (exact) mass is 279 g/mol. The molecular weight excluding hydrogens is 258 g/mol. The Balaban J connectivity index is 2.79. The Morgan fingerprint density at radius 1 is 1.47 bits per heavy atom. The van der Waals surface area contributed by atoms with E-state index >= 15 is 0 Å². The molecule has 0 saturated heterocycles. The number of hydrogen-bond acceptors (Lipinski definition) is 3. The molecule has 0 atom stereocenters. The van der Waals surface area contributed by atoms with Gasteiger partial charge in [0.1, 0.15) is 0 Å². The van der Waals surface area contributed by atoms with Crippen LogP contribution in [0.2, 0.25) is 0 Å². The molecule has 0 aromatic carbocycles. The lowest BCUT2D eigenvalue weighted by atomic mass is 10.4. The fourth-order valence-corrected chi connectivity index (χ4v) is 3.37. The van der Waals surface area contributed by atoms with Gasteiger partial charge >= 0.3 is 0 Å². The van der Waals surface area contributed by atoms with Gasteiger partial charge in [-0.3, -0.25) is 0 Å². The highest BCUT2D eigenvalue weighted by Crippen LogP contribution is 2.30. The van der Waals surface area contributed by atoms with Gasteiger partial charge in [-0.15, -0.1) is 0 Å². The fourth-order valence-electron chi connectivity index (χ4n) is 1.50. The van der Waals surface area contributed by atoms with Gasteiger partial charge in [0.15, 0.2) is 0 Å². The Bertz CT molecular complexity index is 377. The molecule has 0 spiro atoms. The quantitative estimate of drug-likeness (QED) is 0.697. The molecule has 1 aliphatic rings. The molecule has 1 aliphatic carbocycles. The van der Waals surface area contributed by atoms with Crippen molar-refractivity contribution >= 4 is 27.4 Å². The number of nitrogens with two attached hydrogens (primary N) is 1. The number of rotatable bonds is 7. The van der Waals surface area contributed by atoms with E-state index in [1.807, 2.05) is 13.8 Å². The highest BCUT2D eigenvalue weighted by Gasteiger charge is 2.39. The largest absolute Gasteiger partial charge is 0.393 e. The second-order valence-corrected chi connectivity index (χ2v) is 7.14. The maximum atomic E-state index is 12.3. The van der Waals surface area contributed by atoms with Crippen LogP contribution in [0.5, 0.6) is 0 Å². The van der Waals surface area contributed by atoms with E-state index in [1.54, 1.807) is 7.05 Å². The summed E-state index contributed by atoms with van der Waals surface area (Å²) < 4.78 is 27.6. The van der Waals surface area contributed by atoms with E-state index in [0.29, 0.717) is 18.0 Å². The average molecular weight is 279 g/mol. The minimum atomic E-state index is -3.38. The van der Waals surface area contributed by atoms with Gasteiger partial charge in [0.2, 0.25) is 0 Å². The molecule has 1 rings (SSSR count). The van der Waals surface area contributed by atoms with Gasteiger partial charge in [-0.25, -0.2) is 0 Å². The first-order valence-electron chi connectivity index (χ1n) is 5.80. The molecule has 0 aromatic heterocycles. The van der Waals surface area contributed by atoms with Crippen molar-refractivity contribution in [3.63, 3.8) is 0 Å². The molecule has 100 valence electrons. The molecule has 1 saturated carbocycles. The topological polar surface area (TPSA) is 66.6 Å². The third kappa shape index (κ3) is 3.87. The Labute approximate surface area is 109 Å². The summed E-state index contributed by atoms with van der Waals surface area (Å²) in [6, 6.07) is 0.0848. The second kappa shape index (κ2) is 5.60. The van der Waals surface area contributed by atoms with Crippen LogP contribution in [0.25, 0.3) is 0 Å². The van der Waals surface area contributed by atoms with Gasteiger partial charge < -0.3 is 5.73 Å². The normalized spacial score (nSPS) is 17.1. The Morgan fingerprint density at radius 2 is 2.00 bits per heavy atom. The van der Waals surface area contributed by atoms with Gasteiger partial charge in [0.25, 0.3) is 10.2 Å². The van der Waals surface area contributed by atoms with E-state index in [-0.39, 0.29) is 12.1 Å². The zero-order valence-electron chi connectivity index (χ0n) is 10.6. The zero-order chi connectivity index (χ0) is 13.2. The Morgan fingerprint density at radius 3 is 2.35 bits per heavy atom. The van der Waals surface area contributed by atoms with Gasteiger partial charge in [-0.2, -0.15) is 17.0 Å². The van der Waals surface area contributed by atoms with Crippen LogP contribution in [0.1, 0.15) is 33.1 Å². The Hall–Kier alpha value is -0.240. The van der Waals surface area contributed by atoms with Crippen molar-refractivity contribution in [1.29, 1.82) is 0 Å². The van der Waals surface area contributed by atoms with E-state index in [9.17, 15) is 8.42 Å². The van der Waals surface area contributed by atoms with Crippen LogP contribution in [0.3, 0.4) is 0 Å². The molecular formula is C10H21N3O2S2. The van der Waals surface area contributed by atoms with Crippen LogP contribution in [0.15, 0.2) is 0 Å². The van der Waals surface area contributed by atoms with Crippen molar-refractivity contribution in [2.75, 3.05) is 13.6 Å². The van der Waals surface area contributed by atoms with Gasteiger partial charge in [0, 0.05) is 32.1 Å². The number of thiocarbonyl (C=S) groups is 1. The summed E-state index contributed by atoms with van der Waals surface area (Å²) in [5.74, 6) is 0. The molecule has 0 radical (unpaired) electrons. The molecule has 1 fully saturated rings. The predicted octanol–water partition coefficient (Wildman–Crippen LogP) is 0.712. The fraction of sp³-hybridized carbons (Fsp3) is 0.900. The van der Waals surface area contributed by atoms with Crippen LogP contribution in [0.4, 0.5) is 0 Å². The SMILES string of the molecule is CC(C)N(C)S(=O)(=O)N(CCC(N)=S)C1CC1. The van der Waals surface area contributed by atoms with Crippen molar-refractivity contribution < 1.29 is 8.42 Å². The van der Waals surface area contributed by atoms with Crippen molar-refractivity contribution in [1.82, 2.24) is 8.61 Å². The first-order valence-corrected chi connectivity index (χ1v) is 7.60. The van der Waals surface area contributed by atoms with Crippen LogP contribution in [-0.2, 0) is 10.2 Å². The maximum Gasteiger partial charge on any atom is 0.282 e. The standard InChI is InChI=1S/C10H21N3O2S2/c1-8(2)12(3)17(14,15)13(9-4-5-9)7-6-10(11)16/h8-9H,4-7H2,1-3H3,(H2,11,16). The first-order chi connectivity index (χ1) is 7.76. The molecule has 0 aromatic rings. The van der Waals surface area contributed by atoms with Crippen LogP contribution in [0, 0.1) is 0 Å². The smallest absolute Gasteiger partial charge is 0.282 e. The summed E-state index contributed by atoms with van der Waals surface area (Å²) in [5, 5.41) is 0. The van der Waals surface area contributed by atoms with Crippen LogP contribution < -0.4 is 5.73 Å². The Kier molecular flexibility index (Phi) is 4.88. The summed E-state index contributed by atoms with van der Waals surface area (Å²) in [6.45, 7) is 4.10. The van der Waals surface area contributed by atoms with Gasteiger partial charge in [0.05, 0.1) is 4.99 Å². The van der Waals surface area contributed by atoms with E-state index in [2.05, 4.69) is 0 Å². The summed E-state index contributed by atoms with van der Waals surface area (Å²) in [6.07, 6.45) is 2.31. The highest BCUT2D eigenvalue weighted by atomic mass is 32.2. The lowest BCUT2D eigenvalue weighted by Gasteiger charge is -2.29. The van der Waals surface area contributed by atoms with E-state index in [0.717, 1.165) is 12.8 Å². The van der Waals surface area contributed by atoms with Gasteiger partial charge in [-0.05, 0) is 26.7 Å². The van der Waals surface area contributed by atoms with Crippen molar-refractivity contribution in [2.45, 2.75) is 45.2 Å². The van der Waals surface area contributed by atoms with Crippen molar-refractivity contribution in [3.05, 3.63) is 0 Å². The van der Waals surface area contributed by atoms with Crippen LogP contribution >= 0.6 is 12.2 Å². The maximum absolute atomic E-state index is 12.3. The molecule has 2 N–H and O–H groups in total. The molecule has 5 nitrogen and oxygen atoms in total. The third-order valence-corrected chi connectivity index (χ3v) is 5.35. The molecule has 0 heterocycles. The lowest BCUT2D eigenvalue weighted by molar-refractivity contribution is 0.333. The predicted molar refractivity (Wildman–Crippen MR) is 72.9 cm³/mol. The van der Waals surface area contributed by atoms with Crippen LogP contribution in [-0.4, -0.2) is 47.7 Å². The minimum absolute atomic E-state index is 0.0499. The van der Waals surface area contributed by atoms with E-state index < -0.39 is 10.2 Å². The summed E-state index contributed by atoms with van der Waals surface area (Å²) >= 11 is 4.80. The molecule has 0 bridgehead atoms. The molecule has 7 heteroatoms. The first kappa shape index (κ1) is 14.8. The number of nitrogens with zero attached hydrogens (tertiary/aromatic N) is 2. The summed E-state index contributed by atoms with van der Waals surface area (Å²) in [7, 11) is -1.77. The molecule has 0 amide bonds. The second-order valence-electron chi connectivity index (χ2n) is 4.68. The number of hydrogen-bond donors (Lipinski definition) is 1. The van der Waals surface area contributed by atoms with E-state index in [1.165, 1.54) is 8.61 Å². The summed E-state index contributed by atoms with van der Waals surface area (Å²) in [5.41, 5.74) is 5.44. The van der Waals surface area contributed by atoms with Crippen molar-refractivity contribution in [3.8, 4) is 0 Å². The lowest BCUT2D eigenvalue weighted by Crippen LogP contribution is -2.46. The van der Waals surface area contributed by atoms with Crippen molar-refractivity contribution in [2.24, 2.45) is 5.73 Å². The average Bonchev–Trinajstić information content (AvgIpc) is 2.99. The summed E-state index contributed by atoms with van der Waals surface area (Å²) in [4.78, 5) is 0.359. The van der Waals surface area contributed by atoms with Gasteiger partial charge in [-0.1, -0.05) is 12.2 Å². The molecule has 17 heavy (non-hydrogen) atoms. The zero-order valence-corrected chi connectivity index (χ0v) is 12.2.